The van der Waals surface area contributed by atoms with E-state index in [9.17, 15) is 0 Å². The van der Waals surface area contributed by atoms with E-state index in [1.807, 2.05) is 30.6 Å². The van der Waals surface area contributed by atoms with Crippen LogP contribution in [0.4, 0.5) is 0 Å². The molecule has 21 heavy (non-hydrogen) atoms. The van der Waals surface area contributed by atoms with Gasteiger partial charge >= 0.3 is 52.7 Å². The van der Waals surface area contributed by atoms with Crippen LogP contribution >= 0.6 is 38.8 Å². The first-order valence-electron chi connectivity index (χ1n) is 5.16. The number of nitrogens with two attached hydrogens (primary N) is 2. The fraction of sp³-hybridized carbons (Fsp3) is 0. The second kappa shape index (κ2) is 11.3. The Kier molecular flexibility index (Phi) is 11.1. The van der Waals surface area contributed by atoms with Gasteiger partial charge < -0.3 is 0 Å². The molecule has 0 amide bonds. The van der Waals surface area contributed by atoms with E-state index in [0.29, 0.717) is 0 Å². The second-order valence-corrected chi connectivity index (χ2v) is 22.8. The van der Waals surface area contributed by atoms with Crippen LogP contribution in [-0.2, 0) is 10.00 Å². The summed E-state index contributed by atoms with van der Waals surface area (Å²) >= 11 is 0. The molecule has 0 aliphatic carbocycles. The number of aromatic nitrogens is 2. The van der Waals surface area contributed by atoms with Crippen molar-refractivity contribution in [2.75, 3.05) is 0 Å². The van der Waals surface area contributed by atoms with Gasteiger partial charge in [-0.25, -0.2) is 0 Å². The molecule has 6 N–H and O–H groups in total. The van der Waals surface area contributed by atoms with Crippen molar-refractivity contribution in [3.8, 4) is 0 Å². The molecule has 1 aromatic rings. The van der Waals surface area contributed by atoms with Crippen LogP contribution in [0.1, 0.15) is 0 Å². The van der Waals surface area contributed by atoms with Crippen LogP contribution in [0.5, 0.6) is 0 Å². The van der Waals surface area contributed by atoms with E-state index in [2.05, 4.69) is 20.4 Å². The van der Waals surface area contributed by atoms with Crippen LogP contribution in [-0.4, -0.2) is 26.6 Å². The van der Waals surface area contributed by atoms with Gasteiger partial charge in [-0.3, -0.25) is 5.10 Å². The smallest absolute Gasteiger partial charge is 0.0487 e. The molecule has 0 atom stereocenters. The maximum Gasteiger partial charge on any atom is 0.0487 e. The number of allylic oxidation sites excluding steroid dienone is 2. The summed E-state index contributed by atoms with van der Waals surface area (Å²) in [5, 5.41) is 13.7. The molecule has 2 aliphatic heterocycles. The number of aromatic amines is 1. The summed E-state index contributed by atoms with van der Waals surface area (Å²) in [6.45, 7) is 0. The van der Waals surface area contributed by atoms with Crippen molar-refractivity contribution in [1.29, 1.82) is 0 Å². The molecule has 0 fully saturated rings. The fourth-order valence-corrected chi connectivity index (χ4v) is 0.712. The predicted octanol–water partition coefficient (Wildman–Crippen LogP) is 0.734. The summed E-state index contributed by atoms with van der Waals surface area (Å²) < 4.78 is 8.23. The molecular formula is C9H15Cl4N6ORu. The number of nitrogens with one attached hydrogen (secondary N) is 1. The fourth-order valence-electron chi connectivity index (χ4n) is 0.712. The van der Waals surface area contributed by atoms with Gasteiger partial charge in [0.2, 0.25) is 0 Å². The molecule has 2 aliphatic rings. The predicted molar refractivity (Wildman–Crippen MR) is 83.3 cm³/mol. The Morgan fingerprint density at radius 3 is 1.52 bits per heavy atom. The average molecular weight is 466 g/mol. The summed E-state index contributed by atoms with van der Waals surface area (Å²) in [7, 11) is 14.7. The van der Waals surface area contributed by atoms with Gasteiger partial charge in [-0.2, -0.15) is 16.0 Å². The van der Waals surface area contributed by atoms with Crippen molar-refractivity contribution < 1.29 is 24.8 Å². The molecule has 0 spiro atoms. The Morgan fingerprint density at radius 1 is 0.952 bits per heavy atom. The van der Waals surface area contributed by atoms with E-state index in [1.165, 1.54) is 0 Å². The van der Waals surface area contributed by atoms with Gasteiger partial charge in [0.15, 0.2) is 0 Å². The molecule has 3 heterocycles. The molecule has 7 nitrogen and oxygen atoms in total. The van der Waals surface area contributed by atoms with E-state index in [1.54, 1.807) is 35.7 Å². The van der Waals surface area contributed by atoms with Gasteiger partial charge in [-0.1, -0.05) is 10.2 Å². The van der Waals surface area contributed by atoms with Gasteiger partial charge in [0, 0.05) is 24.5 Å². The minimum absolute atomic E-state index is 1.69. The van der Waals surface area contributed by atoms with Crippen molar-refractivity contribution >= 4 is 51.2 Å². The Bertz CT molecular complexity index is 404. The summed E-state index contributed by atoms with van der Waals surface area (Å²) in [6.07, 6.45) is 14.5. The molecule has 1 aromatic heterocycles. The summed E-state index contributed by atoms with van der Waals surface area (Å²) in [5.74, 6) is 0. The third-order valence-electron chi connectivity index (χ3n) is 1.32. The number of hydrogen-bond donors (Lipinski definition) is 4. The molecule has 0 saturated carbocycles. The summed E-state index contributed by atoms with van der Waals surface area (Å²) in [4.78, 5) is 0. The van der Waals surface area contributed by atoms with Crippen molar-refractivity contribution in [3.05, 3.63) is 43.0 Å². The quantitative estimate of drug-likeness (QED) is 0.335. The van der Waals surface area contributed by atoms with Crippen molar-refractivity contribution in [2.45, 2.75) is 0 Å². The molecule has 0 radical (unpaired) electrons. The Hall–Kier alpha value is -0.307. The van der Waals surface area contributed by atoms with Crippen LogP contribution in [0.2, 0.25) is 0 Å². The van der Waals surface area contributed by atoms with Gasteiger partial charge in [-0.15, -0.1) is 0 Å². The number of hydrogen-bond acceptors (Lipinski definition) is 4. The van der Waals surface area contributed by atoms with Crippen LogP contribution in [0, 0.1) is 0 Å². The molecule has 0 saturated heterocycles. The zero-order valence-electron chi connectivity index (χ0n) is 10.5. The first-order chi connectivity index (χ1) is 9.74. The number of quaternary nitrogens is 2. The first-order valence-corrected chi connectivity index (χ1v) is 14.9. The number of nitrogens with zero attached hydrogens (tertiary/aromatic N) is 3. The monoisotopic (exact) mass is 465 g/mol. The third-order valence-corrected chi connectivity index (χ3v) is 1.32. The average Bonchev–Trinajstić information content (AvgIpc) is 3.16. The van der Waals surface area contributed by atoms with Crippen molar-refractivity contribution in [1.82, 2.24) is 10.2 Å². The molecule has 0 bridgehead atoms. The minimum Gasteiger partial charge on any atom is -0.286 e. The maximum atomic E-state index is 8.23. The molecule has 0 aromatic carbocycles. The van der Waals surface area contributed by atoms with E-state index in [-0.39, 0.29) is 0 Å². The van der Waals surface area contributed by atoms with E-state index in [4.69, 9.17) is 42.7 Å². The maximum absolute atomic E-state index is 8.23. The molecule has 12 heteroatoms. The van der Waals surface area contributed by atoms with Gasteiger partial charge in [0.25, 0.3) is 0 Å². The Morgan fingerprint density at radius 2 is 1.43 bits per heavy atom. The Labute approximate surface area is 139 Å². The number of halogens is 4. The number of rotatable bonds is 0. The van der Waals surface area contributed by atoms with Crippen molar-refractivity contribution in [3.63, 3.8) is 0 Å². The van der Waals surface area contributed by atoms with Gasteiger partial charge in [-0.05, 0) is 6.07 Å². The molecule has 3 rings (SSSR count). The largest absolute Gasteiger partial charge is 0.286 e. The van der Waals surface area contributed by atoms with Gasteiger partial charge in [0.05, 0.1) is 12.4 Å². The molecule has 123 valence electrons. The number of H-pyrrole nitrogens is 1. The van der Waals surface area contributed by atoms with Crippen molar-refractivity contribution in [2.24, 2.45) is 10.2 Å². The summed E-state index contributed by atoms with van der Waals surface area (Å²) in [5.41, 5.74) is 3.50. The second-order valence-electron chi connectivity index (χ2n) is 2.97. The van der Waals surface area contributed by atoms with E-state index >= 15 is 0 Å². The van der Waals surface area contributed by atoms with Crippen LogP contribution in [0.3, 0.4) is 0 Å². The zero-order chi connectivity index (χ0) is 16.1. The standard InChI is InChI=1S/3C3H4N2.4ClH.H2O.Ru/c3*1-2-4-5-3-1;;;;;;/h3*1-3H,(H,4,5);4*1H;1H2;/q;;;;;;;;+3/p-3. The third kappa shape index (κ3) is 28.6. The normalized spacial score (nSPS) is 15.8. The minimum atomic E-state index is -4.59. The SMILES string of the molecule is C1=C[NH2+]N=C1.C1=C[NH2+]N=C1.[OH][Ru-2]([Cl])([Cl])([Cl])[Cl].c1cn[nH]c1. The van der Waals surface area contributed by atoms with Crippen LogP contribution in [0.15, 0.2) is 53.2 Å². The topological polar surface area (TPSA) is 107 Å². The molecule has 0 unspecified atom stereocenters. The van der Waals surface area contributed by atoms with Crippen LogP contribution < -0.4 is 10.9 Å². The Balaban J connectivity index is 0.000000254. The van der Waals surface area contributed by atoms with Gasteiger partial charge in [0.1, 0.15) is 12.4 Å². The molecular weight excluding hydrogens is 451 g/mol. The summed E-state index contributed by atoms with van der Waals surface area (Å²) in [6, 6.07) is 1.83. The van der Waals surface area contributed by atoms with E-state index in [0.717, 1.165) is 0 Å². The zero-order valence-corrected chi connectivity index (χ0v) is 15.3. The van der Waals surface area contributed by atoms with Crippen LogP contribution in [0.25, 0.3) is 0 Å². The first kappa shape index (κ1) is 20.7. The van der Waals surface area contributed by atoms with E-state index < -0.39 is 10.00 Å².